The Kier molecular flexibility index (Phi) is 5.76. The van der Waals surface area contributed by atoms with E-state index < -0.39 is 0 Å². The van der Waals surface area contributed by atoms with Crippen molar-refractivity contribution in [2.24, 2.45) is 0 Å². The highest BCUT2D eigenvalue weighted by Crippen LogP contribution is 2.29. The fourth-order valence-electron chi connectivity index (χ4n) is 2.63. The molecule has 0 aliphatic heterocycles. The van der Waals surface area contributed by atoms with Crippen LogP contribution in [0.5, 0.6) is 11.5 Å². The van der Waals surface area contributed by atoms with Crippen LogP contribution in [0.15, 0.2) is 59.0 Å². The molecule has 0 unspecified atom stereocenters. The third kappa shape index (κ3) is 4.67. The molecular formula is C21H20FNO4. The van der Waals surface area contributed by atoms with Crippen LogP contribution < -0.4 is 14.8 Å². The second kappa shape index (κ2) is 8.40. The highest BCUT2D eigenvalue weighted by molar-refractivity contribution is 5.92. The molecule has 27 heavy (non-hydrogen) atoms. The zero-order chi connectivity index (χ0) is 19.2. The van der Waals surface area contributed by atoms with Gasteiger partial charge in [0.15, 0.2) is 0 Å². The molecule has 1 amide bonds. The first-order valence-corrected chi connectivity index (χ1v) is 8.45. The molecule has 0 spiro atoms. The number of benzene rings is 2. The van der Waals surface area contributed by atoms with Gasteiger partial charge in [0, 0.05) is 24.5 Å². The summed E-state index contributed by atoms with van der Waals surface area (Å²) in [5.41, 5.74) is 1.37. The molecule has 0 aliphatic carbocycles. The Morgan fingerprint density at radius 2 is 1.81 bits per heavy atom. The van der Waals surface area contributed by atoms with E-state index in [4.69, 9.17) is 13.9 Å². The summed E-state index contributed by atoms with van der Waals surface area (Å²) in [5.74, 6) is 2.05. The molecule has 0 saturated carbocycles. The molecule has 0 bridgehead atoms. The second-order valence-corrected chi connectivity index (χ2v) is 5.89. The molecular weight excluding hydrogens is 349 g/mol. The van der Waals surface area contributed by atoms with E-state index in [-0.39, 0.29) is 18.1 Å². The number of ether oxygens (including phenoxy) is 2. The summed E-state index contributed by atoms with van der Waals surface area (Å²) in [5, 5.41) is 2.82. The van der Waals surface area contributed by atoms with Crippen molar-refractivity contribution in [3.63, 3.8) is 0 Å². The van der Waals surface area contributed by atoms with Crippen LogP contribution in [0.2, 0.25) is 0 Å². The Balaban J connectivity index is 1.59. The minimum atomic E-state index is -0.295. The molecule has 0 saturated heterocycles. The van der Waals surface area contributed by atoms with Gasteiger partial charge in [-0.15, -0.1) is 0 Å². The predicted octanol–water partition coefficient (Wildman–Crippen LogP) is 4.67. The minimum absolute atomic E-state index is 0.154. The topological polar surface area (TPSA) is 60.7 Å². The van der Waals surface area contributed by atoms with Gasteiger partial charge in [-0.05, 0) is 48.5 Å². The maximum absolute atomic E-state index is 13.0. The van der Waals surface area contributed by atoms with E-state index in [1.54, 1.807) is 37.4 Å². The minimum Gasteiger partial charge on any atom is -0.497 e. The number of furan rings is 1. The van der Waals surface area contributed by atoms with E-state index in [1.807, 2.05) is 12.1 Å². The first-order valence-electron chi connectivity index (χ1n) is 8.45. The fraction of sp³-hybridized carbons (Fsp3) is 0.190. The molecule has 0 radical (unpaired) electrons. The zero-order valence-corrected chi connectivity index (χ0v) is 15.1. The van der Waals surface area contributed by atoms with Crippen molar-refractivity contribution in [3.05, 3.63) is 66.2 Å². The van der Waals surface area contributed by atoms with Crippen LogP contribution in [0.3, 0.4) is 0 Å². The zero-order valence-electron chi connectivity index (χ0n) is 15.1. The van der Waals surface area contributed by atoms with Crippen molar-refractivity contribution in [3.8, 4) is 22.8 Å². The summed E-state index contributed by atoms with van der Waals surface area (Å²) in [6, 6.07) is 14.9. The van der Waals surface area contributed by atoms with Gasteiger partial charge in [0.1, 0.15) is 28.8 Å². The lowest BCUT2D eigenvalue weighted by Gasteiger charge is -2.11. The molecule has 0 atom stereocenters. The molecule has 1 aromatic heterocycles. The van der Waals surface area contributed by atoms with Gasteiger partial charge in [-0.3, -0.25) is 4.79 Å². The number of anilines is 1. The largest absolute Gasteiger partial charge is 0.497 e. The van der Waals surface area contributed by atoms with E-state index in [9.17, 15) is 9.18 Å². The van der Waals surface area contributed by atoms with Crippen LogP contribution in [-0.2, 0) is 11.2 Å². The van der Waals surface area contributed by atoms with Gasteiger partial charge >= 0.3 is 0 Å². The molecule has 2 aromatic carbocycles. The average Bonchev–Trinajstić information content (AvgIpc) is 3.16. The van der Waals surface area contributed by atoms with Crippen LogP contribution in [0.4, 0.5) is 10.1 Å². The number of methoxy groups -OCH3 is 2. The highest BCUT2D eigenvalue weighted by Gasteiger charge is 2.11. The Hall–Kier alpha value is -3.28. The van der Waals surface area contributed by atoms with Gasteiger partial charge in [0.2, 0.25) is 5.91 Å². The summed E-state index contributed by atoms with van der Waals surface area (Å²) in [6.07, 6.45) is 0.705. The number of hydrogen-bond donors (Lipinski definition) is 1. The summed E-state index contributed by atoms with van der Waals surface area (Å²) < 4.78 is 29.2. The van der Waals surface area contributed by atoms with Crippen molar-refractivity contribution in [1.29, 1.82) is 0 Å². The molecule has 6 heteroatoms. The first kappa shape index (κ1) is 18.5. The standard InChI is InChI=1S/C21H20FNO4/c1-25-17-7-10-18(20(13-17)26-2)23-21(24)12-9-16-8-11-19(27-16)14-3-5-15(22)6-4-14/h3-8,10-11,13H,9,12H2,1-2H3,(H,23,24). The van der Waals surface area contributed by atoms with Gasteiger partial charge in [-0.1, -0.05) is 0 Å². The van der Waals surface area contributed by atoms with Gasteiger partial charge in [0.25, 0.3) is 0 Å². The van der Waals surface area contributed by atoms with Gasteiger partial charge < -0.3 is 19.2 Å². The van der Waals surface area contributed by atoms with E-state index in [0.717, 1.165) is 5.56 Å². The molecule has 5 nitrogen and oxygen atoms in total. The molecule has 1 heterocycles. The first-order chi connectivity index (χ1) is 13.1. The predicted molar refractivity (Wildman–Crippen MR) is 101 cm³/mol. The van der Waals surface area contributed by atoms with Crippen LogP contribution in [-0.4, -0.2) is 20.1 Å². The molecule has 0 fully saturated rings. The number of rotatable bonds is 7. The van der Waals surface area contributed by atoms with Gasteiger partial charge in [0.05, 0.1) is 19.9 Å². The van der Waals surface area contributed by atoms with Crippen LogP contribution in [0, 0.1) is 5.82 Å². The monoisotopic (exact) mass is 369 g/mol. The number of halogens is 1. The normalized spacial score (nSPS) is 10.5. The second-order valence-electron chi connectivity index (χ2n) is 5.89. The molecule has 3 aromatic rings. The molecule has 3 rings (SSSR count). The maximum Gasteiger partial charge on any atom is 0.224 e. The Morgan fingerprint density at radius 1 is 1.04 bits per heavy atom. The quantitative estimate of drug-likeness (QED) is 0.657. The number of aryl methyl sites for hydroxylation is 1. The van der Waals surface area contributed by atoms with Gasteiger partial charge in [-0.2, -0.15) is 0 Å². The number of amides is 1. The SMILES string of the molecule is COc1ccc(NC(=O)CCc2ccc(-c3ccc(F)cc3)o2)c(OC)c1. The lowest BCUT2D eigenvalue weighted by atomic mass is 10.2. The third-order valence-electron chi connectivity index (χ3n) is 4.07. The number of carbonyl (C=O) groups is 1. The smallest absolute Gasteiger partial charge is 0.224 e. The average molecular weight is 369 g/mol. The van der Waals surface area contributed by atoms with Crippen molar-refractivity contribution < 1.29 is 23.1 Å². The van der Waals surface area contributed by atoms with Crippen LogP contribution >= 0.6 is 0 Å². The summed E-state index contributed by atoms with van der Waals surface area (Å²) in [4.78, 5) is 12.2. The van der Waals surface area contributed by atoms with E-state index in [0.29, 0.717) is 35.1 Å². The Labute approximate surface area is 156 Å². The summed E-state index contributed by atoms with van der Waals surface area (Å²) in [6.45, 7) is 0. The highest BCUT2D eigenvalue weighted by atomic mass is 19.1. The van der Waals surface area contributed by atoms with E-state index in [1.165, 1.54) is 19.2 Å². The summed E-state index contributed by atoms with van der Waals surface area (Å²) >= 11 is 0. The van der Waals surface area contributed by atoms with Crippen LogP contribution in [0.1, 0.15) is 12.2 Å². The maximum atomic E-state index is 13.0. The van der Waals surface area contributed by atoms with Gasteiger partial charge in [-0.25, -0.2) is 4.39 Å². The third-order valence-corrected chi connectivity index (χ3v) is 4.07. The molecule has 0 aliphatic rings. The van der Waals surface area contributed by atoms with Crippen molar-refractivity contribution in [2.75, 3.05) is 19.5 Å². The van der Waals surface area contributed by atoms with Crippen molar-refractivity contribution >= 4 is 11.6 Å². The van der Waals surface area contributed by atoms with E-state index >= 15 is 0 Å². The van der Waals surface area contributed by atoms with E-state index in [2.05, 4.69) is 5.32 Å². The summed E-state index contributed by atoms with van der Waals surface area (Å²) in [7, 11) is 3.10. The Bertz CT molecular complexity index is 918. The lowest BCUT2D eigenvalue weighted by molar-refractivity contribution is -0.116. The molecule has 140 valence electrons. The van der Waals surface area contributed by atoms with Crippen LogP contribution in [0.25, 0.3) is 11.3 Å². The lowest BCUT2D eigenvalue weighted by Crippen LogP contribution is -2.13. The number of nitrogens with one attached hydrogen (secondary N) is 1. The van der Waals surface area contributed by atoms with Crippen molar-refractivity contribution in [2.45, 2.75) is 12.8 Å². The fourth-order valence-corrected chi connectivity index (χ4v) is 2.63. The van der Waals surface area contributed by atoms with Crippen molar-refractivity contribution in [1.82, 2.24) is 0 Å². The molecule has 1 N–H and O–H groups in total. The number of hydrogen-bond acceptors (Lipinski definition) is 4. The Morgan fingerprint density at radius 3 is 2.52 bits per heavy atom. The number of carbonyl (C=O) groups excluding carboxylic acids is 1.